The van der Waals surface area contributed by atoms with Crippen molar-refractivity contribution in [3.63, 3.8) is 0 Å². The van der Waals surface area contributed by atoms with Crippen molar-refractivity contribution in [2.75, 3.05) is 13.1 Å². The SMILES string of the molecule is Cc1c([C@H]2CN(Cc3ccccc3)C[C@H]2C(=O)O)cnn1C. The summed E-state index contributed by atoms with van der Waals surface area (Å²) in [5.41, 5.74) is 3.33. The molecule has 0 aliphatic carbocycles. The van der Waals surface area contributed by atoms with E-state index in [1.54, 1.807) is 0 Å². The van der Waals surface area contributed by atoms with Crippen molar-refractivity contribution in [2.24, 2.45) is 13.0 Å². The first-order valence-electron chi connectivity index (χ1n) is 7.54. The van der Waals surface area contributed by atoms with Gasteiger partial charge in [0.15, 0.2) is 0 Å². The third kappa shape index (κ3) is 2.76. The van der Waals surface area contributed by atoms with Gasteiger partial charge in [0, 0.05) is 38.3 Å². The van der Waals surface area contributed by atoms with Crippen LogP contribution in [-0.2, 0) is 18.4 Å². The van der Waals surface area contributed by atoms with Crippen molar-refractivity contribution in [1.29, 1.82) is 0 Å². The summed E-state index contributed by atoms with van der Waals surface area (Å²) in [5.74, 6) is -1.08. The van der Waals surface area contributed by atoms with Crippen LogP contribution in [0.3, 0.4) is 0 Å². The largest absolute Gasteiger partial charge is 0.481 e. The van der Waals surface area contributed by atoms with Gasteiger partial charge in [-0.25, -0.2) is 0 Å². The lowest BCUT2D eigenvalue weighted by atomic mass is 9.89. The molecule has 5 nitrogen and oxygen atoms in total. The third-order valence-corrected chi connectivity index (χ3v) is 4.63. The molecule has 1 saturated heterocycles. The van der Waals surface area contributed by atoms with E-state index in [1.165, 1.54) is 5.56 Å². The molecule has 1 aliphatic rings. The maximum atomic E-state index is 11.6. The fourth-order valence-corrected chi connectivity index (χ4v) is 3.30. The van der Waals surface area contributed by atoms with Gasteiger partial charge in [-0.1, -0.05) is 30.3 Å². The molecular formula is C17H21N3O2. The Hall–Kier alpha value is -2.14. The maximum Gasteiger partial charge on any atom is 0.308 e. The van der Waals surface area contributed by atoms with Crippen LogP contribution in [0, 0.1) is 12.8 Å². The minimum atomic E-state index is -0.719. The molecule has 22 heavy (non-hydrogen) atoms. The number of benzene rings is 1. The standard InChI is InChI=1S/C17H21N3O2/c1-12-14(8-18-19(12)2)15-10-20(11-16(15)17(21)22)9-13-6-4-3-5-7-13/h3-8,15-16H,9-11H2,1-2H3,(H,21,22)/t15-,16-/m1/s1. The Morgan fingerprint density at radius 1 is 1.32 bits per heavy atom. The highest BCUT2D eigenvalue weighted by Crippen LogP contribution is 2.35. The molecular weight excluding hydrogens is 278 g/mol. The van der Waals surface area contributed by atoms with Crippen LogP contribution in [0.1, 0.15) is 22.7 Å². The summed E-state index contributed by atoms with van der Waals surface area (Å²) in [6.45, 7) is 4.14. The van der Waals surface area contributed by atoms with Crippen LogP contribution in [0.15, 0.2) is 36.5 Å². The molecule has 1 aliphatic heterocycles. The Morgan fingerprint density at radius 3 is 2.64 bits per heavy atom. The fourth-order valence-electron chi connectivity index (χ4n) is 3.30. The van der Waals surface area contributed by atoms with Gasteiger partial charge in [-0.15, -0.1) is 0 Å². The Labute approximate surface area is 130 Å². The van der Waals surface area contributed by atoms with Crippen LogP contribution in [0.5, 0.6) is 0 Å². The van der Waals surface area contributed by atoms with E-state index in [9.17, 15) is 9.90 Å². The number of hydrogen-bond donors (Lipinski definition) is 1. The minimum absolute atomic E-state index is 0.00918. The van der Waals surface area contributed by atoms with Crippen molar-refractivity contribution in [3.05, 3.63) is 53.3 Å². The summed E-state index contributed by atoms with van der Waals surface area (Å²) in [5, 5.41) is 13.8. The molecule has 0 unspecified atom stereocenters. The number of aliphatic carboxylic acids is 1. The molecule has 1 fully saturated rings. The average molecular weight is 299 g/mol. The van der Waals surface area contributed by atoms with Gasteiger partial charge >= 0.3 is 5.97 Å². The molecule has 1 N–H and O–H groups in total. The number of carboxylic acid groups (broad SMARTS) is 1. The predicted octanol–water partition coefficient (Wildman–Crippen LogP) is 2.03. The molecule has 0 spiro atoms. The molecule has 0 radical (unpaired) electrons. The van der Waals surface area contributed by atoms with Gasteiger partial charge in [0.1, 0.15) is 0 Å². The van der Waals surface area contributed by atoms with Gasteiger partial charge < -0.3 is 5.11 Å². The summed E-state index contributed by atoms with van der Waals surface area (Å²) in [6, 6.07) is 10.2. The lowest BCUT2D eigenvalue weighted by Gasteiger charge is -2.16. The Balaban J connectivity index is 1.81. The predicted molar refractivity (Wildman–Crippen MR) is 83.5 cm³/mol. The number of carbonyl (C=O) groups is 1. The van der Waals surface area contributed by atoms with Crippen LogP contribution in [0.4, 0.5) is 0 Å². The molecule has 2 heterocycles. The number of likely N-dealkylation sites (tertiary alicyclic amines) is 1. The first kappa shape index (κ1) is 14.8. The van der Waals surface area contributed by atoms with E-state index < -0.39 is 5.97 Å². The first-order chi connectivity index (χ1) is 10.6. The van der Waals surface area contributed by atoms with Crippen LogP contribution in [-0.4, -0.2) is 38.8 Å². The first-order valence-corrected chi connectivity index (χ1v) is 7.54. The normalized spacial score (nSPS) is 22.1. The summed E-state index contributed by atoms with van der Waals surface area (Å²) in [6.07, 6.45) is 1.82. The van der Waals surface area contributed by atoms with Gasteiger partial charge in [0.25, 0.3) is 0 Å². The smallest absolute Gasteiger partial charge is 0.308 e. The number of nitrogens with zero attached hydrogens (tertiary/aromatic N) is 3. The highest BCUT2D eigenvalue weighted by molar-refractivity contribution is 5.72. The molecule has 1 aromatic heterocycles. The third-order valence-electron chi connectivity index (χ3n) is 4.63. The molecule has 0 bridgehead atoms. The summed E-state index contributed by atoms with van der Waals surface area (Å²) in [7, 11) is 1.89. The van der Waals surface area contributed by atoms with E-state index in [2.05, 4.69) is 22.1 Å². The number of carboxylic acids is 1. The number of rotatable bonds is 4. The van der Waals surface area contributed by atoms with Crippen LogP contribution in [0.2, 0.25) is 0 Å². The minimum Gasteiger partial charge on any atom is -0.481 e. The van der Waals surface area contributed by atoms with Crippen molar-refractivity contribution in [1.82, 2.24) is 14.7 Å². The summed E-state index contributed by atoms with van der Waals surface area (Å²) in [4.78, 5) is 13.9. The molecule has 2 atom stereocenters. The van der Waals surface area contributed by atoms with Gasteiger partial charge in [0.2, 0.25) is 0 Å². The molecule has 0 amide bonds. The topological polar surface area (TPSA) is 58.4 Å². The maximum absolute atomic E-state index is 11.6. The summed E-state index contributed by atoms with van der Waals surface area (Å²) >= 11 is 0. The van der Waals surface area contributed by atoms with E-state index in [0.717, 1.165) is 24.3 Å². The second kappa shape index (κ2) is 5.93. The zero-order valence-corrected chi connectivity index (χ0v) is 12.9. The second-order valence-electron chi connectivity index (χ2n) is 6.04. The Kier molecular flexibility index (Phi) is 3.98. The molecule has 116 valence electrons. The highest BCUT2D eigenvalue weighted by atomic mass is 16.4. The zero-order valence-electron chi connectivity index (χ0n) is 12.9. The molecule has 2 aromatic rings. The van der Waals surface area contributed by atoms with E-state index in [4.69, 9.17) is 0 Å². The highest BCUT2D eigenvalue weighted by Gasteiger charge is 2.39. The quantitative estimate of drug-likeness (QED) is 0.938. The van der Waals surface area contributed by atoms with Crippen molar-refractivity contribution >= 4 is 5.97 Å². The van der Waals surface area contributed by atoms with Gasteiger partial charge in [0.05, 0.1) is 12.1 Å². The van der Waals surface area contributed by atoms with Crippen molar-refractivity contribution in [3.8, 4) is 0 Å². The Morgan fingerprint density at radius 2 is 2.05 bits per heavy atom. The molecule has 5 heteroatoms. The van der Waals surface area contributed by atoms with E-state index >= 15 is 0 Å². The van der Waals surface area contributed by atoms with Crippen LogP contribution < -0.4 is 0 Å². The molecule has 0 saturated carbocycles. The van der Waals surface area contributed by atoms with Crippen molar-refractivity contribution in [2.45, 2.75) is 19.4 Å². The average Bonchev–Trinajstić information content (AvgIpc) is 3.05. The lowest BCUT2D eigenvalue weighted by Crippen LogP contribution is -2.23. The van der Waals surface area contributed by atoms with Gasteiger partial charge in [-0.3, -0.25) is 14.4 Å². The van der Waals surface area contributed by atoms with Crippen LogP contribution >= 0.6 is 0 Å². The summed E-state index contributed by atoms with van der Waals surface area (Å²) < 4.78 is 1.81. The number of aryl methyl sites for hydroxylation is 1. The lowest BCUT2D eigenvalue weighted by molar-refractivity contribution is -0.141. The van der Waals surface area contributed by atoms with E-state index in [1.807, 2.05) is 43.0 Å². The fraction of sp³-hybridized carbons (Fsp3) is 0.412. The number of hydrogen-bond acceptors (Lipinski definition) is 3. The zero-order chi connectivity index (χ0) is 15.7. The monoisotopic (exact) mass is 299 g/mol. The van der Waals surface area contributed by atoms with Gasteiger partial charge in [-0.05, 0) is 18.1 Å². The van der Waals surface area contributed by atoms with E-state index in [0.29, 0.717) is 6.54 Å². The Bertz CT molecular complexity index is 666. The second-order valence-corrected chi connectivity index (χ2v) is 6.04. The molecule has 3 rings (SSSR count). The molecule has 1 aromatic carbocycles. The van der Waals surface area contributed by atoms with Crippen molar-refractivity contribution < 1.29 is 9.90 Å². The van der Waals surface area contributed by atoms with E-state index in [-0.39, 0.29) is 11.8 Å². The number of aromatic nitrogens is 2. The van der Waals surface area contributed by atoms with Crippen LogP contribution in [0.25, 0.3) is 0 Å². The van der Waals surface area contributed by atoms with Gasteiger partial charge in [-0.2, -0.15) is 5.10 Å².